The van der Waals surface area contributed by atoms with Gasteiger partial charge in [0.05, 0.1) is 12.4 Å². The Kier molecular flexibility index (Phi) is 6.89. The van der Waals surface area contributed by atoms with E-state index in [0.717, 1.165) is 36.6 Å². The van der Waals surface area contributed by atoms with Gasteiger partial charge in [-0.25, -0.2) is 13.1 Å². The number of sulfonamides is 1. The second-order valence-electron chi connectivity index (χ2n) is 8.30. The van der Waals surface area contributed by atoms with Crippen molar-refractivity contribution in [3.8, 4) is 5.75 Å². The summed E-state index contributed by atoms with van der Waals surface area (Å²) in [4.78, 5) is 0. The lowest BCUT2D eigenvalue weighted by Gasteiger charge is -2.50. The molecule has 1 saturated carbocycles. The fourth-order valence-electron chi connectivity index (χ4n) is 4.76. The van der Waals surface area contributed by atoms with Crippen LogP contribution in [-0.4, -0.2) is 45.6 Å². The van der Waals surface area contributed by atoms with Crippen LogP contribution >= 0.6 is 11.6 Å². The summed E-state index contributed by atoms with van der Waals surface area (Å²) >= 11 is 6.13. The van der Waals surface area contributed by atoms with Gasteiger partial charge in [0.15, 0.2) is 0 Å². The van der Waals surface area contributed by atoms with Crippen LogP contribution in [-0.2, 0) is 21.9 Å². The maximum atomic E-state index is 11.6. The quantitative estimate of drug-likeness (QED) is 0.496. The largest absolute Gasteiger partial charge is 0.492 e. The predicted octanol–water partition coefficient (Wildman–Crippen LogP) is 2.94. The summed E-state index contributed by atoms with van der Waals surface area (Å²) in [5, 5.41) is 13.3. The number of rotatable bonds is 9. The Morgan fingerprint density at radius 3 is 2.65 bits per heavy atom. The Labute approximate surface area is 189 Å². The number of hydrogen-bond donors (Lipinski definition) is 3. The zero-order valence-corrected chi connectivity index (χ0v) is 19.0. The van der Waals surface area contributed by atoms with E-state index in [-0.39, 0.29) is 30.4 Å². The normalized spacial score (nSPS) is 20.0. The van der Waals surface area contributed by atoms with Gasteiger partial charge >= 0.3 is 0 Å². The van der Waals surface area contributed by atoms with Gasteiger partial charge in [0, 0.05) is 23.0 Å². The first-order valence-corrected chi connectivity index (χ1v) is 12.8. The number of aliphatic hydroxyl groups is 1. The SMILES string of the molecule is O=S(=O)(CCO)NCCOc1ccc2c(c1)C(C1(c3ccc(Cl)cc3)CCC1)NCC2. The highest BCUT2D eigenvalue weighted by Gasteiger charge is 2.47. The van der Waals surface area contributed by atoms with Crippen molar-refractivity contribution < 1.29 is 18.3 Å². The van der Waals surface area contributed by atoms with Crippen molar-refractivity contribution >= 4 is 21.6 Å². The first-order chi connectivity index (χ1) is 14.9. The third-order valence-electron chi connectivity index (χ3n) is 6.44. The summed E-state index contributed by atoms with van der Waals surface area (Å²) in [6, 6.07) is 14.6. The molecule has 31 heavy (non-hydrogen) atoms. The number of hydrogen-bond acceptors (Lipinski definition) is 5. The van der Waals surface area contributed by atoms with E-state index in [4.69, 9.17) is 21.4 Å². The van der Waals surface area contributed by atoms with Gasteiger partial charge in [-0.2, -0.15) is 0 Å². The molecule has 4 rings (SSSR count). The average molecular weight is 465 g/mol. The molecule has 6 nitrogen and oxygen atoms in total. The van der Waals surface area contributed by atoms with E-state index in [1.54, 1.807) is 0 Å². The molecule has 2 aliphatic rings. The molecule has 1 aliphatic heterocycles. The minimum atomic E-state index is -3.46. The highest BCUT2D eigenvalue weighted by Crippen LogP contribution is 2.53. The second-order valence-corrected chi connectivity index (χ2v) is 10.7. The van der Waals surface area contributed by atoms with Gasteiger partial charge in [-0.3, -0.25) is 0 Å². The molecule has 0 spiro atoms. The molecule has 2 aromatic carbocycles. The second kappa shape index (κ2) is 9.46. The minimum Gasteiger partial charge on any atom is -0.492 e. The van der Waals surface area contributed by atoms with E-state index in [9.17, 15) is 8.42 Å². The topological polar surface area (TPSA) is 87.7 Å². The molecule has 8 heteroatoms. The molecule has 3 N–H and O–H groups in total. The monoisotopic (exact) mass is 464 g/mol. The van der Waals surface area contributed by atoms with Crippen LogP contribution in [0.1, 0.15) is 42.0 Å². The number of halogens is 1. The van der Waals surface area contributed by atoms with Crippen molar-refractivity contribution in [1.82, 2.24) is 10.0 Å². The minimum absolute atomic E-state index is 0.0539. The van der Waals surface area contributed by atoms with Crippen molar-refractivity contribution in [2.45, 2.75) is 37.1 Å². The predicted molar refractivity (Wildman–Crippen MR) is 122 cm³/mol. The zero-order valence-electron chi connectivity index (χ0n) is 17.4. The molecule has 0 radical (unpaired) electrons. The van der Waals surface area contributed by atoms with Gasteiger partial charge < -0.3 is 15.2 Å². The Balaban J connectivity index is 1.51. The third-order valence-corrected chi connectivity index (χ3v) is 8.06. The maximum absolute atomic E-state index is 11.6. The number of fused-ring (bicyclic) bond motifs is 1. The fourth-order valence-corrected chi connectivity index (χ4v) is 5.66. The van der Waals surface area contributed by atoms with Crippen LogP contribution in [0.5, 0.6) is 5.75 Å². The van der Waals surface area contributed by atoms with E-state index < -0.39 is 16.6 Å². The van der Waals surface area contributed by atoms with Gasteiger partial charge in [0.25, 0.3) is 0 Å². The standard InChI is InChI=1S/C23H29ClN2O4S/c24-19-5-3-18(4-6-19)23(9-1-10-23)22-21-16-20(7-2-17(21)8-11-25-22)30-14-12-26-31(28,29)15-13-27/h2-7,16,22,25-27H,1,8-15H2. The Morgan fingerprint density at radius 2 is 1.97 bits per heavy atom. The number of benzene rings is 2. The lowest BCUT2D eigenvalue weighted by Crippen LogP contribution is -2.49. The van der Waals surface area contributed by atoms with Gasteiger partial charge in [-0.05, 0) is 66.8 Å². The van der Waals surface area contributed by atoms with Crippen LogP contribution in [0, 0.1) is 0 Å². The molecule has 1 fully saturated rings. The fraction of sp³-hybridized carbons (Fsp3) is 0.478. The molecule has 1 aliphatic carbocycles. The van der Waals surface area contributed by atoms with Crippen molar-refractivity contribution in [3.05, 3.63) is 64.2 Å². The van der Waals surface area contributed by atoms with Crippen LogP contribution in [0.25, 0.3) is 0 Å². The Bertz CT molecular complexity index is 1010. The molecule has 1 heterocycles. The van der Waals surface area contributed by atoms with Crippen LogP contribution in [0.4, 0.5) is 0 Å². The summed E-state index contributed by atoms with van der Waals surface area (Å²) in [6.45, 7) is 0.935. The lowest BCUT2D eigenvalue weighted by molar-refractivity contribution is 0.164. The van der Waals surface area contributed by atoms with E-state index in [1.165, 1.54) is 23.1 Å². The molecule has 0 amide bonds. The molecule has 1 atom stereocenters. The highest BCUT2D eigenvalue weighted by molar-refractivity contribution is 7.89. The summed E-state index contributed by atoms with van der Waals surface area (Å²) in [5.41, 5.74) is 3.97. The molecule has 0 saturated heterocycles. The van der Waals surface area contributed by atoms with Crippen LogP contribution in [0.2, 0.25) is 5.02 Å². The van der Waals surface area contributed by atoms with E-state index in [1.807, 2.05) is 18.2 Å². The van der Waals surface area contributed by atoms with Gasteiger partial charge in [0.1, 0.15) is 12.4 Å². The maximum Gasteiger partial charge on any atom is 0.213 e. The van der Waals surface area contributed by atoms with Gasteiger partial charge in [-0.1, -0.05) is 36.2 Å². The number of ether oxygens (including phenoxy) is 1. The van der Waals surface area contributed by atoms with Gasteiger partial charge in [0.2, 0.25) is 10.0 Å². The molecular weight excluding hydrogens is 436 g/mol. The Hall–Kier alpha value is -1.64. The summed E-state index contributed by atoms with van der Waals surface area (Å²) < 4.78 is 31.6. The van der Waals surface area contributed by atoms with E-state index in [2.05, 4.69) is 34.3 Å². The van der Waals surface area contributed by atoms with Crippen molar-refractivity contribution in [1.29, 1.82) is 0 Å². The first-order valence-electron chi connectivity index (χ1n) is 10.8. The van der Waals surface area contributed by atoms with Crippen LogP contribution in [0.15, 0.2) is 42.5 Å². The number of aliphatic hydroxyl groups excluding tert-OH is 1. The molecule has 168 valence electrons. The Morgan fingerprint density at radius 1 is 1.19 bits per heavy atom. The molecule has 0 aromatic heterocycles. The summed E-state index contributed by atoms with van der Waals surface area (Å²) in [5.74, 6) is 0.436. The average Bonchev–Trinajstić information content (AvgIpc) is 2.72. The summed E-state index contributed by atoms with van der Waals surface area (Å²) in [6.07, 6.45) is 4.44. The van der Waals surface area contributed by atoms with Crippen LogP contribution in [0.3, 0.4) is 0 Å². The summed E-state index contributed by atoms with van der Waals surface area (Å²) in [7, 11) is -3.46. The van der Waals surface area contributed by atoms with Crippen molar-refractivity contribution in [2.24, 2.45) is 0 Å². The molecule has 1 unspecified atom stereocenters. The van der Waals surface area contributed by atoms with Gasteiger partial charge in [-0.15, -0.1) is 0 Å². The lowest BCUT2D eigenvalue weighted by atomic mass is 9.58. The number of nitrogens with one attached hydrogen (secondary N) is 2. The molecule has 2 aromatic rings. The van der Waals surface area contributed by atoms with Crippen molar-refractivity contribution in [2.75, 3.05) is 32.1 Å². The van der Waals surface area contributed by atoms with E-state index in [0.29, 0.717) is 0 Å². The van der Waals surface area contributed by atoms with Crippen molar-refractivity contribution in [3.63, 3.8) is 0 Å². The molecule has 0 bridgehead atoms. The third kappa shape index (κ3) is 4.91. The highest BCUT2D eigenvalue weighted by atomic mass is 35.5. The molecular formula is C23H29ClN2O4S. The van der Waals surface area contributed by atoms with E-state index >= 15 is 0 Å². The smallest absolute Gasteiger partial charge is 0.213 e. The first kappa shape index (κ1) is 22.6. The van der Waals surface area contributed by atoms with Crippen LogP contribution < -0.4 is 14.8 Å². The zero-order chi connectivity index (χ0) is 21.9.